The van der Waals surface area contributed by atoms with Crippen LogP contribution in [0.25, 0.3) is 0 Å². The predicted octanol–water partition coefficient (Wildman–Crippen LogP) is 3.15. The Kier molecular flexibility index (Phi) is 5.81. The highest BCUT2D eigenvalue weighted by Crippen LogP contribution is 2.31. The normalized spacial score (nSPS) is 14.1. The van der Waals surface area contributed by atoms with Crippen LogP contribution < -0.4 is 9.64 Å². The number of benzene rings is 2. The van der Waals surface area contributed by atoms with Gasteiger partial charge in [0.25, 0.3) is 5.69 Å². The maximum Gasteiger partial charge on any atom is 0.294 e. The van der Waals surface area contributed by atoms with Crippen LogP contribution in [0.2, 0.25) is 5.02 Å². The van der Waals surface area contributed by atoms with Crippen LogP contribution in [0.4, 0.5) is 11.4 Å². The molecule has 142 valence electrons. The lowest BCUT2D eigenvalue weighted by molar-refractivity contribution is -0.384. The largest absolute Gasteiger partial charge is 0.497 e. The molecule has 0 aromatic heterocycles. The Morgan fingerprint density at radius 2 is 1.93 bits per heavy atom. The third-order valence-corrected chi connectivity index (χ3v) is 4.83. The van der Waals surface area contributed by atoms with Gasteiger partial charge in [-0.25, -0.2) is 0 Å². The highest BCUT2D eigenvalue weighted by atomic mass is 35.5. The fraction of sp³-hybridized carbons (Fsp3) is 0.316. The number of amides is 1. The molecule has 3 rings (SSSR count). The number of carbonyl (C=O) groups excluding carboxylic acids is 1. The molecule has 8 heteroatoms. The molecule has 0 N–H and O–H groups in total. The average molecular weight is 390 g/mol. The zero-order valence-corrected chi connectivity index (χ0v) is 15.7. The summed E-state index contributed by atoms with van der Waals surface area (Å²) in [6.07, 6.45) is 0.304. The molecule has 1 heterocycles. The number of anilines is 1. The van der Waals surface area contributed by atoms with Crippen molar-refractivity contribution >= 4 is 28.9 Å². The lowest BCUT2D eigenvalue weighted by Crippen LogP contribution is -2.49. The van der Waals surface area contributed by atoms with Gasteiger partial charge in [-0.05, 0) is 29.8 Å². The van der Waals surface area contributed by atoms with E-state index in [1.807, 2.05) is 29.2 Å². The van der Waals surface area contributed by atoms with Gasteiger partial charge in [0.15, 0.2) is 0 Å². The number of ether oxygens (including phenoxy) is 1. The standard InChI is InChI=1S/C19H20ClN3O4/c1-27-16-4-2-3-14(11-16)12-19(24)22-9-7-21(8-10-22)17-6-5-15(20)13-18(17)23(25)26/h2-6,11,13H,7-10,12H2,1H3. The highest BCUT2D eigenvalue weighted by Gasteiger charge is 2.26. The first-order valence-corrected chi connectivity index (χ1v) is 8.95. The topological polar surface area (TPSA) is 75.9 Å². The van der Waals surface area contributed by atoms with Gasteiger partial charge in [-0.1, -0.05) is 23.7 Å². The summed E-state index contributed by atoms with van der Waals surface area (Å²) in [5.74, 6) is 0.758. The molecule has 0 atom stereocenters. The van der Waals surface area contributed by atoms with E-state index in [2.05, 4.69) is 0 Å². The van der Waals surface area contributed by atoms with Crippen molar-refractivity contribution in [2.45, 2.75) is 6.42 Å². The number of nitrogens with zero attached hydrogens (tertiary/aromatic N) is 3. The molecule has 0 radical (unpaired) electrons. The number of halogens is 1. The van der Waals surface area contributed by atoms with E-state index in [0.717, 1.165) is 11.3 Å². The minimum atomic E-state index is -0.429. The molecule has 1 aliphatic rings. The van der Waals surface area contributed by atoms with E-state index >= 15 is 0 Å². The number of piperazine rings is 1. The number of carbonyl (C=O) groups is 1. The molecule has 0 spiro atoms. The smallest absolute Gasteiger partial charge is 0.294 e. The molecule has 0 aliphatic carbocycles. The second kappa shape index (κ2) is 8.26. The third kappa shape index (κ3) is 4.49. The van der Waals surface area contributed by atoms with Crippen LogP contribution in [0.1, 0.15) is 5.56 Å². The quantitative estimate of drug-likeness (QED) is 0.580. The first-order chi connectivity index (χ1) is 13.0. The van der Waals surface area contributed by atoms with Crippen molar-refractivity contribution in [3.8, 4) is 5.75 Å². The summed E-state index contributed by atoms with van der Waals surface area (Å²) in [6.45, 7) is 2.10. The van der Waals surface area contributed by atoms with E-state index in [-0.39, 0.29) is 11.6 Å². The van der Waals surface area contributed by atoms with E-state index < -0.39 is 4.92 Å². The first kappa shape index (κ1) is 19.0. The van der Waals surface area contributed by atoms with E-state index in [0.29, 0.717) is 43.3 Å². The van der Waals surface area contributed by atoms with Crippen molar-refractivity contribution in [1.82, 2.24) is 4.90 Å². The zero-order chi connectivity index (χ0) is 19.4. The van der Waals surface area contributed by atoms with Crippen LogP contribution in [-0.4, -0.2) is 49.0 Å². The van der Waals surface area contributed by atoms with Crippen molar-refractivity contribution in [3.05, 3.63) is 63.2 Å². The summed E-state index contributed by atoms with van der Waals surface area (Å²) in [5, 5.41) is 11.6. The van der Waals surface area contributed by atoms with Gasteiger partial charge >= 0.3 is 0 Å². The fourth-order valence-corrected chi connectivity index (χ4v) is 3.34. The second-order valence-electron chi connectivity index (χ2n) is 6.29. The summed E-state index contributed by atoms with van der Waals surface area (Å²) in [5.41, 5.74) is 1.41. The van der Waals surface area contributed by atoms with Gasteiger partial charge in [0.1, 0.15) is 11.4 Å². The number of hydrogen-bond acceptors (Lipinski definition) is 5. The Morgan fingerprint density at radius 1 is 1.19 bits per heavy atom. The summed E-state index contributed by atoms with van der Waals surface area (Å²) in [4.78, 5) is 27.1. The molecule has 2 aromatic rings. The lowest BCUT2D eigenvalue weighted by atomic mass is 10.1. The molecule has 1 amide bonds. The summed E-state index contributed by atoms with van der Waals surface area (Å²) in [7, 11) is 1.59. The summed E-state index contributed by atoms with van der Waals surface area (Å²) in [6, 6.07) is 12.1. The minimum absolute atomic E-state index is 0.0151. The van der Waals surface area contributed by atoms with E-state index in [4.69, 9.17) is 16.3 Å². The number of rotatable bonds is 5. The van der Waals surface area contributed by atoms with Crippen LogP contribution in [-0.2, 0) is 11.2 Å². The van der Waals surface area contributed by atoms with Crippen molar-refractivity contribution in [2.24, 2.45) is 0 Å². The maximum absolute atomic E-state index is 12.6. The van der Waals surface area contributed by atoms with E-state index in [1.54, 1.807) is 24.1 Å². The Morgan fingerprint density at radius 3 is 2.59 bits per heavy atom. The predicted molar refractivity (Wildman–Crippen MR) is 104 cm³/mol. The van der Waals surface area contributed by atoms with Crippen LogP contribution >= 0.6 is 11.6 Å². The van der Waals surface area contributed by atoms with Crippen LogP contribution in [0.3, 0.4) is 0 Å². The van der Waals surface area contributed by atoms with Gasteiger partial charge in [-0.2, -0.15) is 0 Å². The molecule has 1 saturated heterocycles. The molecule has 2 aromatic carbocycles. The van der Waals surface area contributed by atoms with Gasteiger partial charge in [-0.3, -0.25) is 14.9 Å². The minimum Gasteiger partial charge on any atom is -0.497 e. The number of hydrogen-bond donors (Lipinski definition) is 0. The van der Waals surface area contributed by atoms with Crippen LogP contribution in [0, 0.1) is 10.1 Å². The molecular weight excluding hydrogens is 370 g/mol. The fourth-order valence-electron chi connectivity index (χ4n) is 3.18. The van der Waals surface area contributed by atoms with Gasteiger partial charge in [-0.15, -0.1) is 0 Å². The average Bonchev–Trinajstić information content (AvgIpc) is 2.68. The molecule has 27 heavy (non-hydrogen) atoms. The van der Waals surface area contributed by atoms with Crippen molar-refractivity contribution in [1.29, 1.82) is 0 Å². The van der Waals surface area contributed by atoms with Crippen LogP contribution in [0.15, 0.2) is 42.5 Å². The molecule has 7 nitrogen and oxygen atoms in total. The Hall–Kier alpha value is -2.80. The second-order valence-corrected chi connectivity index (χ2v) is 6.72. The highest BCUT2D eigenvalue weighted by molar-refractivity contribution is 6.30. The number of nitro benzene ring substituents is 1. The van der Waals surface area contributed by atoms with E-state index in [1.165, 1.54) is 6.07 Å². The lowest BCUT2D eigenvalue weighted by Gasteiger charge is -2.36. The maximum atomic E-state index is 12.6. The van der Waals surface area contributed by atoms with E-state index in [9.17, 15) is 14.9 Å². The molecule has 1 fully saturated rings. The molecule has 0 unspecified atom stereocenters. The van der Waals surface area contributed by atoms with Gasteiger partial charge < -0.3 is 14.5 Å². The number of methoxy groups -OCH3 is 1. The third-order valence-electron chi connectivity index (χ3n) is 4.60. The molecular formula is C19H20ClN3O4. The first-order valence-electron chi connectivity index (χ1n) is 8.57. The Bertz CT molecular complexity index is 851. The molecule has 0 bridgehead atoms. The van der Waals surface area contributed by atoms with Crippen molar-refractivity contribution in [2.75, 3.05) is 38.2 Å². The zero-order valence-electron chi connectivity index (χ0n) is 14.9. The van der Waals surface area contributed by atoms with Gasteiger partial charge in [0, 0.05) is 37.3 Å². The summed E-state index contributed by atoms with van der Waals surface area (Å²) >= 11 is 5.88. The van der Waals surface area contributed by atoms with Gasteiger partial charge in [0.2, 0.25) is 5.91 Å². The summed E-state index contributed by atoms with van der Waals surface area (Å²) < 4.78 is 5.19. The Balaban J connectivity index is 1.63. The van der Waals surface area contributed by atoms with Gasteiger partial charge in [0.05, 0.1) is 18.5 Å². The van der Waals surface area contributed by atoms with Crippen molar-refractivity contribution in [3.63, 3.8) is 0 Å². The SMILES string of the molecule is COc1cccc(CC(=O)N2CCN(c3ccc(Cl)cc3[N+](=O)[O-])CC2)c1. The van der Waals surface area contributed by atoms with Crippen LogP contribution in [0.5, 0.6) is 5.75 Å². The number of nitro groups is 1. The molecule has 1 aliphatic heterocycles. The Labute approximate surface area is 162 Å². The van der Waals surface area contributed by atoms with Crippen molar-refractivity contribution < 1.29 is 14.5 Å². The monoisotopic (exact) mass is 389 g/mol. The molecule has 0 saturated carbocycles.